The first-order valence-electron chi connectivity index (χ1n) is 4.93. The average Bonchev–Trinajstić information content (AvgIpc) is 2.63. The van der Waals surface area contributed by atoms with Crippen LogP contribution in [0, 0.1) is 5.92 Å². The SMILES string of the molecule is COC(=O)C1CCN(CCSC(F)(F)F)C1. The summed E-state index contributed by atoms with van der Waals surface area (Å²) >= 11 is -0.0220. The van der Waals surface area contributed by atoms with Gasteiger partial charge < -0.3 is 9.64 Å². The Morgan fingerprint density at radius 1 is 1.56 bits per heavy atom. The number of nitrogens with zero attached hydrogens (tertiary/aromatic N) is 1. The number of thioether (sulfide) groups is 1. The van der Waals surface area contributed by atoms with Gasteiger partial charge in [-0.05, 0) is 24.7 Å². The highest BCUT2D eigenvalue weighted by Gasteiger charge is 2.31. The summed E-state index contributed by atoms with van der Waals surface area (Å²) in [5.41, 5.74) is -4.17. The highest BCUT2D eigenvalue weighted by molar-refractivity contribution is 8.00. The van der Waals surface area contributed by atoms with Gasteiger partial charge in [-0.1, -0.05) is 0 Å². The lowest BCUT2D eigenvalue weighted by Crippen LogP contribution is -2.26. The van der Waals surface area contributed by atoms with Crippen molar-refractivity contribution in [3.05, 3.63) is 0 Å². The molecule has 0 saturated carbocycles. The summed E-state index contributed by atoms with van der Waals surface area (Å²) in [7, 11) is 1.32. The maximum absolute atomic E-state index is 11.9. The Morgan fingerprint density at radius 2 is 2.25 bits per heavy atom. The van der Waals surface area contributed by atoms with Crippen molar-refractivity contribution in [2.75, 3.05) is 32.5 Å². The first kappa shape index (κ1) is 13.6. The number of carbonyl (C=O) groups excluding carboxylic acids is 1. The summed E-state index contributed by atoms with van der Waals surface area (Å²) in [4.78, 5) is 13.0. The first-order valence-corrected chi connectivity index (χ1v) is 5.92. The quantitative estimate of drug-likeness (QED) is 0.717. The second kappa shape index (κ2) is 5.77. The predicted molar refractivity (Wildman–Crippen MR) is 55.1 cm³/mol. The van der Waals surface area contributed by atoms with Crippen molar-refractivity contribution < 1.29 is 22.7 Å². The molecule has 7 heteroatoms. The molecule has 1 rings (SSSR count). The second-order valence-electron chi connectivity index (χ2n) is 3.60. The van der Waals surface area contributed by atoms with Crippen molar-refractivity contribution in [3.8, 4) is 0 Å². The fourth-order valence-electron chi connectivity index (χ4n) is 1.69. The Labute approximate surface area is 96.3 Å². The van der Waals surface area contributed by atoms with Crippen LogP contribution in [0.5, 0.6) is 0 Å². The molecule has 1 aliphatic rings. The molecule has 0 aromatic rings. The third kappa shape index (κ3) is 4.61. The van der Waals surface area contributed by atoms with Gasteiger partial charge in [-0.25, -0.2) is 0 Å². The molecule has 0 aromatic carbocycles. The Bertz CT molecular complexity index is 247. The fourth-order valence-corrected chi connectivity index (χ4v) is 2.27. The van der Waals surface area contributed by atoms with Crippen LogP contribution in [0.2, 0.25) is 0 Å². The van der Waals surface area contributed by atoms with Crippen LogP contribution < -0.4 is 0 Å². The van der Waals surface area contributed by atoms with E-state index in [1.807, 2.05) is 4.90 Å². The Balaban J connectivity index is 2.19. The van der Waals surface area contributed by atoms with Gasteiger partial charge in [0.2, 0.25) is 0 Å². The zero-order valence-electron chi connectivity index (χ0n) is 8.92. The molecule has 0 aromatic heterocycles. The van der Waals surface area contributed by atoms with Gasteiger partial charge in [0.1, 0.15) is 0 Å². The van der Waals surface area contributed by atoms with E-state index in [1.54, 1.807) is 0 Å². The molecule has 3 nitrogen and oxygen atoms in total. The van der Waals surface area contributed by atoms with Crippen molar-refractivity contribution in [2.45, 2.75) is 11.9 Å². The first-order chi connectivity index (χ1) is 7.42. The molecule has 94 valence electrons. The predicted octanol–water partition coefficient (Wildman–Crippen LogP) is 1.73. The molecule has 1 unspecified atom stereocenters. The van der Waals surface area contributed by atoms with Crippen LogP contribution in [0.1, 0.15) is 6.42 Å². The third-order valence-corrected chi connectivity index (χ3v) is 3.19. The van der Waals surface area contributed by atoms with E-state index < -0.39 is 5.51 Å². The average molecular weight is 257 g/mol. The van der Waals surface area contributed by atoms with E-state index in [0.29, 0.717) is 26.1 Å². The zero-order chi connectivity index (χ0) is 12.2. The molecule has 0 N–H and O–H groups in total. The Kier molecular flexibility index (Phi) is 4.91. The van der Waals surface area contributed by atoms with E-state index in [1.165, 1.54) is 7.11 Å². The summed E-state index contributed by atoms with van der Waals surface area (Å²) in [5, 5.41) is 0. The number of carbonyl (C=O) groups is 1. The van der Waals surface area contributed by atoms with Gasteiger partial charge in [0, 0.05) is 18.8 Å². The molecule has 0 amide bonds. The number of rotatable bonds is 4. The summed E-state index contributed by atoms with van der Waals surface area (Å²) in [6.45, 7) is 1.53. The van der Waals surface area contributed by atoms with E-state index in [9.17, 15) is 18.0 Å². The van der Waals surface area contributed by atoms with Gasteiger partial charge in [-0.2, -0.15) is 13.2 Å². The molecule has 1 fully saturated rings. The lowest BCUT2D eigenvalue weighted by molar-refractivity contribution is -0.144. The minimum Gasteiger partial charge on any atom is -0.469 e. The summed E-state index contributed by atoms with van der Waals surface area (Å²) < 4.78 is 40.2. The van der Waals surface area contributed by atoms with Gasteiger partial charge in [0.25, 0.3) is 0 Å². The highest BCUT2D eigenvalue weighted by Crippen LogP contribution is 2.30. The number of alkyl halides is 3. The molecule has 1 atom stereocenters. The number of hydrogen-bond donors (Lipinski definition) is 0. The van der Waals surface area contributed by atoms with Crippen molar-refractivity contribution >= 4 is 17.7 Å². The van der Waals surface area contributed by atoms with Crippen molar-refractivity contribution in [1.82, 2.24) is 4.90 Å². The maximum atomic E-state index is 11.9. The number of hydrogen-bond acceptors (Lipinski definition) is 4. The second-order valence-corrected chi connectivity index (χ2v) is 4.76. The molecule has 1 heterocycles. The van der Waals surface area contributed by atoms with E-state index in [2.05, 4.69) is 4.74 Å². The van der Waals surface area contributed by atoms with Crippen LogP contribution in [0.25, 0.3) is 0 Å². The molecular formula is C9H14F3NO2S. The van der Waals surface area contributed by atoms with E-state index in [-0.39, 0.29) is 29.4 Å². The molecule has 1 saturated heterocycles. The maximum Gasteiger partial charge on any atom is 0.441 e. The van der Waals surface area contributed by atoms with Gasteiger partial charge >= 0.3 is 11.5 Å². The van der Waals surface area contributed by atoms with Crippen LogP contribution in [0.4, 0.5) is 13.2 Å². The lowest BCUT2D eigenvalue weighted by Gasteiger charge is -2.15. The molecule has 0 bridgehead atoms. The molecule has 16 heavy (non-hydrogen) atoms. The number of esters is 1. The van der Waals surface area contributed by atoms with Gasteiger partial charge in [0.05, 0.1) is 13.0 Å². The smallest absolute Gasteiger partial charge is 0.441 e. The van der Waals surface area contributed by atoms with Crippen molar-refractivity contribution in [1.29, 1.82) is 0 Å². The van der Waals surface area contributed by atoms with Gasteiger partial charge in [-0.3, -0.25) is 4.79 Å². The molecule has 0 radical (unpaired) electrons. The fraction of sp³-hybridized carbons (Fsp3) is 0.889. The standard InChI is InChI=1S/C9H14F3NO2S/c1-15-8(14)7-2-3-13(6-7)4-5-16-9(10,11)12/h7H,2-6H2,1H3. The number of methoxy groups -OCH3 is 1. The Hall–Kier alpha value is -0.430. The molecule has 1 aliphatic heterocycles. The van der Waals surface area contributed by atoms with Crippen LogP contribution in [0.3, 0.4) is 0 Å². The highest BCUT2D eigenvalue weighted by atomic mass is 32.2. The van der Waals surface area contributed by atoms with Crippen LogP contribution in [0.15, 0.2) is 0 Å². The Morgan fingerprint density at radius 3 is 2.81 bits per heavy atom. The molecule has 0 aliphatic carbocycles. The normalized spacial score (nSPS) is 22.4. The van der Waals surface area contributed by atoms with Gasteiger partial charge in [0.15, 0.2) is 0 Å². The summed E-state index contributed by atoms with van der Waals surface area (Å²) in [6, 6.07) is 0. The van der Waals surface area contributed by atoms with E-state index in [0.717, 1.165) is 0 Å². The number of ether oxygens (including phenoxy) is 1. The topological polar surface area (TPSA) is 29.5 Å². The van der Waals surface area contributed by atoms with Crippen molar-refractivity contribution in [2.24, 2.45) is 5.92 Å². The third-order valence-electron chi connectivity index (χ3n) is 2.48. The largest absolute Gasteiger partial charge is 0.469 e. The zero-order valence-corrected chi connectivity index (χ0v) is 9.74. The van der Waals surface area contributed by atoms with Crippen LogP contribution in [-0.4, -0.2) is 48.9 Å². The monoisotopic (exact) mass is 257 g/mol. The summed E-state index contributed by atoms with van der Waals surface area (Å²) in [6.07, 6.45) is 0.670. The number of halogens is 3. The van der Waals surface area contributed by atoms with E-state index in [4.69, 9.17) is 0 Å². The van der Waals surface area contributed by atoms with Crippen LogP contribution >= 0.6 is 11.8 Å². The van der Waals surface area contributed by atoms with Gasteiger partial charge in [-0.15, -0.1) is 0 Å². The van der Waals surface area contributed by atoms with E-state index >= 15 is 0 Å². The molecular weight excluding hydrogens is 243 g/mol. The molecule has 0 spiro atoms. The number of likely N-dealkylation sites (tertiary alicyclic amines) is 1. The summed E-state index contributed by atoms with van der Waals surface area (Å²) in [5.74, 6) is -0.441. The van der Waals surface area contributed by atoms with Crippen molar-refractivity contribution in [3.63, 3.8) is 0 Å². The minimum absolute atomic E-state index is 0.0113. The lowest BCUT2D eigenvalue weighted by atomic mass is 10.1. The van der Waals surface area contributed by atoms with Crippen LogP contribution in [-0.2, 0) is 9.53 Å². The minimum atomic E-state index is -4.17.